The number of nitrogens with zero attached hydrogens (tertiary/aromatic N) is 3. The molecule has 0 saturated carbocycles. The maximum absolute atomic E-state index is 13.0. The maximum Gasteiger partial charge on any atom is 0.278 e. The smallest absolute Gasteiger partial charge is 0.278 e. The van der Waals surface area contributed by atoms with E-state index in [1.807, 2.05) is 48.9 Å². The molecule has 1 amide bonds. The van der Waals surface area contributed by atoms with E-state index in [0.717, 1.165) is 17.0 Å². The van der Waals surface area contributed by atoms with E-state index in [9.17, 15) is 4.79 Å². The molecule has 164 valence electrons. The van der Waals surface area contributed by atoms with E-state index in [1.165, 1.54) is 0 Å². The lowest BCUT2D eigenvalue weighted by molar-refractivity contribution is 0.101. The number of rotatable bonds is 7. The molecule has 8 heteroatoms. The summed E-state index contributed by atoms with van der Waals surface area (Å²) in [6.07, 6.45) is 0. The maximum atomic E-state index is 13.0. The van der Waals surface area contributed by atoms with Crippen molar-refractivity contribution in [2.75, 3.05) is 5.32 Å². The number of aromatic nitrogens is 3. The van der Waals surface area contributed by atoms with E-state index >= 15 is 0 Å². The molecule has 1 N–H and O–H groups in total. The topological polar surface area (TPSA) is 82.2 Å². The molecule has 0 unspecified atom stereocenters. The molecule has 2 heterocycles. The first-order valence-electron chi connectivity index (χ1n) is 10.1. The lowest BCUT2D eigenvalue weighted by atomic mass is 10.2. The predicted molar refractivity (Wildman–Crippen MR) is 122 cm³/mol. The van der Waals surface area contributed by atoms with Gasteiger partial charge in [-0.1, -0.05) is 53.2 Å². The number of anilines is 1. The molecule has 0 saturated heterocycles. The van der Waals surface area contributed by atoms with Crippen molar-refractivity contribution in [2.24, 2.45) is 0 Å². The zero-order valence-corrected chi connectivity index (χ0v) is 18.8. The highest BCUT2D eigenvalue weighted by Gasteiger charge is 2.23. The summed E-state index contributed by atoms with van der Waals surface area (Å²) in [6, 6.07) is 17.1. The lowest BCUT2D eigenvalue weighted by Gasteiger charge is -2.08. The Bertz CT molecular complexity index is 1250. The molecule has 0 aliphatic heterocycles. The quantitative estimate of drug-likeness (QED) is 0.411. The van der Waals surface area contributed by atoms with Gasteiger partial charge in [0.25, 0.3) is 5.91 Å². The van der Waals surface area contributed by atoms with Gasteiger partial charge >= 0.3 is 0 Å². The average molecular weight is 451 g/mol. The second kappa shape index (κ2) is 9.28. The molecule has 32 heavy (non-hydrogen) atoms. The summed E-state index contributed by atoms with van der Waals surface area (Å²) in [6.45, 7) is 6.28. The van der Waals surface area contributed by atoms with Crippen LogP contribution in [0.15, 0.2) is 59.1 Å². The molecule has 0 aliphatic carbocycles. The van der Waals surface area contributed by atoms with Crippen LogP contribution in [0.2, 0.25) is 5.02 Å². The van der Waals surface area contributed by atoms with Crippen molar-refractivity contribution in [2.45, 2.75) is 33.9 Å². The Labute approximate surface area is 190 Å². The van der Waals surface area contributed by atoms with Gasteiger partial charge in [-0.3, -0.25) is 9.48 Å². The summed E-state index contributed by atoms with van der Waals surface area (Å²) in [5.41, 5.74) is 4.13. The van der Waals surface area contributed by atoms with Crippen molar-refractivity contribution in [1.29, 1.82) is 0 Å². The van der Waals surface area contributed by atoms with Crippen LogP contribution in [-0.2, 0) is 13.2 Å². The summed E-state index contributed by atoms with van der Waals surface area (Å²) in [4.78, 5) is 13.0. The zero-order valence-electron chi connectivity index (χ0n) is 18.1. The highest BCUT2D eigenvalue weighted by molar-refractivity contribution is 6.30. The number of hydrogen-bond acceptors (Lipinski definition) is 5. The fourth-order valence-electron chi connectivity index (χ4n) is 3.41. The Morgan fingerprint density at radius 2 is 1.91 bits per heavy atom. The molecular weight excluding hydrogens is 428 g/mol. The van der Waals surface area contributed by atoms with E-state index < -0.39 is 0 Å². The summed E-state index contributed by atoms with van der Waals surface area (Å²) >= 11 is 6.01. The van der Waals surface area contributed by atoms with Gasteiger partial charge in [0.2, 0.25) is 0 Å². The van der Waals surface area contributed by atoms with Gasteiger partial charge in [0.05, 0.1) is 29.2 Å². The van der Waals surface area contributed by atoms with Crippen molar-refractivity contribution >= 4 is 23.2 Å². The molecule has 4 rings (SSSR count). The number of benzene rings is 2. The molecule has 4 aromatic rings. The highest BCUT2D eigenvalue weighted by Crippen LogP contribution is 2.24. The van der Waals surface area contributed by atoms with Crippen LogP contribution >= 0.6 is 11.6 Å². The molecule has 0 atom stereocenters. The molecule has 0 spiro atoms. The third-order valence-electron chi connectivity index (χ3n) is 5.17. The van der Waals surface area contributed by atoms with Crippen LogP contribution in [0, 0.1) is 20.8 Å². The molecule has 7 nitrogen and oxygen atoms in total. The fraction of sp³-hybridized carbons (Fsp3) is 0.208. The summed E-state index contributed by atoms with van der Waals surface area (Å²) in [5, 5.41) is 12.1. The number of carbonyl (C=O) groups excluding carboxylic acids is 1. The molecule has 0 radical (unpaired) electrons. The lowest BCUT2D eigenvalue weighted by Crippen LogP contribution is -2.16. The van der Waals surface area contributed by atoms with E-state index in [2.05, 4.69) is 15.6 Å². The first-order chi connectivity index (χ1) is 15.4. The summed E-state index contributed by atoms with van der Waals surface area (Å²) in [7, 11) is 0. The van der Waals surface area contributed by atoms with E-state index in [0.29, 0.717) is 34.3 Å². The minimum Gasteiger partial charge on any atom is -0.489 e. The van der Waals surface area contributed by atoms with Gasteiger partial charge < -0.3 is 14.6 Å². The predicted octanol–water partition coefficient (Wildman–Crippen LogP) is 5.33. The van der Waals surface area contributed by atoms with Crippen LogP contribution < -0.4 is 10.1 Å². The molecule has 2 aromatic carbocycles. The highest BCUT2D eigenvalue weighted by atomic mass is 35.5. The van der Waals surface area contributed by atoms with Gasteiger partial charge in [0, 0.05) is 5.02 Å². The zero-order chi connectivity index (χ0) is 22.7. The molecule has 0 fully saturated rings. The van der Waals surface area contributed by atoms with Crippen molar-refractivity contribution in [3.8, 4) is 5.75 Å². The number of aryl methyl sites for hydroxylation is 2. The van der Waals surface area contributed by atoms with Crippen molar-refractivity contribution < 1.29 is 14.1 Å². The number of ether oxygens (including phenoxy) is 1. The van der Waals surface area contributed by atoms with Gasteiger partial charge in [0.15, 0.2) is 5.69 Å². The van der Waals surface area contributed by atoms with E-state index in [4.69, 9.17) is 20.9 Å². The minimum atomic E-state index is -0.378. The van der Waals surface area contributed by atoms with Gasteiger partial charge in [-0.25, -0.2) is 0 Å². The monoisotopic (exact) mass is 450 g/mol. The second-order valence-corrected chi connectivity index (χ2v) is 7.89. The van der Waals surface area contributed by atoms with Crippen LogP contribution in [0.4, 0.5) is 5.69 Å². The van der Waals surface area contributed by atoms with Crippen molar-refractivity contribution in [1.82, 2.24) is 14.9 Å². The third kappa shape index (κ3) is 4.68. The Balaban J connectivity index is 1.51. The van der Waals surface area contributed by atoms with E-state index in [1.54, 1.807) is 31.2 Å². The average Bonchev–Trinajstić information content (AvgIpc) is 3.27. The third-order valence-corrected chi connectivity index (χ3v) is 5.41. The fourth-order valence-corrected chi connectivity index (χ4v) is 3.59. The minimum absolute atomic E-state index is 0.129. The molecule has 0 bridgehead atoms. The molecule has 0 aliphatic rings. The number of hydrogen-bond donors (Lipinski definition) is 1. The number of nitrogens with one attached hydrogen (secondary N) is 1. The van der Waals surface area contributed by atoms with Crippen LogP contribution in [-0.4, -0.2) is 20.8 Å². The Morgan fingerprint density at radius 3 is 2.66 bits per heavy atom. The Hall–Kier alpha value is -3.58. The Morgan fingerprint density at radius 1 is 1.12 bits per heavy atom. The summed E-state index contributed by atoms with van der Waals surface area (Å²) < 4.78 is 12.9. The number of halogens is 1. The Kier molecular flexibility index (Phi) is 6.28. The van der Waals surface area contributed by atoms with Crippen molar-refractivity contribution in [3.63, 3.8) is 0 Å². The van der Waals surface area contributed by atoms with Gasteiger partial charge in [-0.15, -0.1) is 0 Å². The standard InChI is InChI=1S/C24H23ClN4O3/c1-15-22(16(2)29(27-15)13-18-8-5-4-6-9-18)26-24(30)23-21(17(3)32-28-23)14-31-20-11-7-10-19(25)12-20/h4-12H,13-14H2,1-3H3,(H,26,30). The largest absolute Gasteiger partial charge is 0.489 e. The SMILES string of the molecule is Cc1nn(Cc2ccccc2)c(C)c1NC(=O)c1noc(C)c1COc1cccc(Cl)c1. The van der Waals surface area contributed by atoms with Crippen LogP contribution in [0.25, 0.3) is 0 Å². The summed E-state index contributed by atoms with van der Waals surface area (Å²) in [5.74, 6) is 0.737. The normalized spacial score (nSPS) is 10.9. The number of amides is 1. The van der Waals surface area contributed by atoms with Crippen LogP contribution in [0.1, 0.15) is 38.8 Å². The first-order valence-corrected chi connectivity index (χ1v) is 10.5. The van der Waals surface area contributed by atoms with Crippen LogP contribution in [0.5, 0.6) is 5.75 Å². The van der Waals surface area contributed by atoms with Crippen LogP contribution in [0.3, 0.4) is 0 Å². The second-order valence-electron chi connectivity index (χ2n) is 7.46. The van der Waals surface area contributed by atoms with E-state index in [-0.39, 0.29) is 18.2 Å². The number of carbonyl (C=O) groups is 1. The first kappa shape index (κ1) is 21.6. The van der Waals surface area contributed by atoms with Gasteiger partial charge in [-0.05, 0) is 44.5 Å². The van der Waals surface area contributed by atoms with Gasteiger partial charge in [0.1, 0.15) is 18.1 Å². The molecule has 2 aromatic heterocycles. The van der Waals surface area contributed by atoms with Crippen molar-refractivity contribution in [3.05, 3.63) is 93.6 Å². The molecular formula is C24H23ClN4O3. The van der Waals surface area contributed by atoms with Gasteiger partial charge in [-0.2, -0.15) is 5.10 Å².